The molecule has 1 saturated heterocycles. The van der Waals surface area contributed by atoms with Gasteiger partial charge in [-0.15, -0.1) is 0 Å². The fourth-order valence-corrected chi connectivity index (χ4v) is 8.10. The van der Waals surface area contributed by atoms with Gasteiger partial charge < -0.3 is 24.1 Å². The molecular weight excluding hydrogens is 522 g/mol. The molecule has 5 aliphatic rings. The van der Waals surface area contributed by atoms with Crippen molar-refractivity contribution in [1.82, 2.24) is 0 Å². The first-order valence-corrected chi connectivity index (χ1v) is 14.8. The number of carbonyl (C=O) groups is 2. The van der Waals surface area contributed by atoms with Gasteiger partial charge in [0.05, 0.1) is 23.8 Å². The van der Waals surface area contributed by atoms with E-state index < -0.39 is 41.0 Å². The van der Waals surface area contributed by atoms with Gasteiger partial charge in [-0.05, 0) is 74.6 Å². The Kier molecular flexibility index (Phi) is 6.35. The number of nitrogens with zero attached hydrogens (tertiary/aromatic N) is 1. The number of para-hydroxylation sites is 2. The summed E-state index contributed by atoms with van der Waals surface area (Å²) in [6.45, 7) is 16.4. The summed E-state index contributed by atoms with van der Waals surface area (Å²) >= 11 is 0. The molecule has 1 aromatic rings. The highest BCUT2D eigenvalue weighted by molar-refractivity contribution is 5.96. The van der Waals surface area contributed by atoms with Gasteiger partial charge >= 0.3 is 6.09 Å². The van der Waals surface area contributed by atoms with Gasteiger partial charge in [-0.1, -0.05) is 52.0 Å². The molecule has 0 aromatic heterocycles. The van der Waals surface area contributed by atoms with E-state index in [4.69, 9.17) is 18.9 Å². The Hall–Kier alpha value is -2.68. The van der Waals surface area contributed by atoms with Gasteiger partial charge in [0.1, 0.15) is 18.5 Å². The SMILES string of the molecule is CC1=C[C@]23C(=O)[C@@H](C=C4COC(C)(C)O[C@H]4[C@]2(O)[C@H]1OC(=O)N1c2ccccc2OCC1C)C(C)(C)[C@@H](C)C[C@H]3C. The third-order valence-corrected chi connectivity index (χ3v) is 10.7. The molecule has 1 N–H and O–H groups in total. The molecule has 8 heteroatoms. The molecule has 1 aromatic carbocycles. The highest BCUT2D eigenvalue weighted by Crippen LogP contribution is 2.64. The van der Waals surface area contributed by atoms with Crippen molar-refractivity contribution >= 4 is 17.6 Å². The van der Waals surface area contributed by atoms with Crippen LogP contribution >= 0.6 is 0 Å². The molecule has 2 heterocycles. The lowest BCUT2D eigenvalue weighted by Crippen LogP contribution is -2.68. The summed E-state index contributed by atoms with van der Waals surface area (Å²) in [6, 6.07) is 7.05. The fraction of sp³-hybridized carbons (Fsp3) is 0.636. The maximum Gasteiger partial charge on any atom is 0.415 e. The lowest BCUT2D eigenvalue weighted by atomic mass is 9.59. The molecule has 2 bridgehead atoms. The van der Waals surface area contributed by atoms with Gasteiger partial charge in [0.25, 0.3) is 0 Å². The molecule has 6 rings (SSSR count). The molecule has 2 fully saturated rings. The van der Waals surface area contributed by atoms with E-state index in [1.54, 1.807) is 4.90 Å². The first kappa shape index (κ1) is 28.4. The number of aliphatic hydroxyl groups is 1. The summed E-state index contributed by atoms with van der Waals surface area (Å²) in [5, 5.41) is 13.3. The van der Waals surface area contributed by atoms with E-state index in [9.17, 15) is 14.7 Å². The third kappa shape index (κ3) is 3.83. The van der Waals surface area contributed by atoms with Crippen LogP contribution in [0.4, 0.5) is 10.5 Å². The second kappa shape index (κ2) is 9.16. The average Bonchev–Trinajstić information content (AvgIpc) is 3.07. The lowest BCUT2D eigenvalue weighted by Gasteiger charge is -2.52. The van der Waals surface area contributed by atoms with Crippen molar-refractivity contribution in [2.45, 2.75) is 91.4 Å². The van der Waals surface area contributed by atoms with Gasteiger partial charge in [0.15, 0.2) is 23.3 Å². The molecular formula is C33H43NO7. The van der Waals surface area contributed by atoms with Gasteiger partial charge in [0, 0.05) is 5.92 Å². The first-order chi connectivity index (χ1) is 19.1. The van der Waals surface area contributed by atoms with Crippen LogP contribution in [-0.4, -0.2) is 59.8 Å². The minimum Gasteiger partial charge on any atom is -0.489 e. The van der Waals surface area contributed by atoms with Crippen molar-refractivity contribution in [3.05, 3.63) is 47.6 Å². The molecule has 1 spiro atoms. The summed E-state index contributed by atoms with van der Waals surface area (Å²) < 4.78 is 24.8. The van der Waals surface area contributed by atoms with Crippen molar-refractivity contribution in [3.8, 4) is 5.75 Å². The maximum atomic E-state index is 14.9. The van der Waals surface area contributed by atoms with Crippen LogP contribution < -0.4 is 9.64 Å². The third-order valence-electron chi connectivity index (χ3n) is 10.7. The quantitative estimate of drug-likeness (QED) is 0.454. The number of ether oxygens (including phenoxy) is 4. The summed E-state index contributed by atoms with van der Waals surface area (Å²) in [5.41, 5.74) is -1.59. The van der Waals surface area contributed by atoms with Crippen molar-refractivity contribution in [3.63, 3.8) is 0 Å². The molecule has 1 amide bonds. The topological polar surface area (TPSA) is 94.5 Å². The number of hydrogen-bond acceptors (Lipinski definition) is 7. The van der Waals surface area contributed by atoms with Gasteiger partial charge in [-0.3, -0.25) is 9.69 Å². The van der Waals surface area contributed by atoms with E-state index in [0.717, 1.165) is 12.0 Å². The maximum absolute atomic E-state index is 14.9. The smallest absolute Gasteiger partial charge is 0.415 e. The molecule has 0 radical (unpaired) electrons. The minimum atomic E-state index is -1.87. The summed E-state index contributed by atoms with van der Waals surface area (Å²) in [5.74, 6) is -0.961. The normalized spacial score (nSPS) is 40.5. The van der Waals surface area contributed by atoms with Crippen molar-refractivity contribution in [2.75, 3.05) is 18.1 Å². The zero-order chi connectivity index (χ0) is 29.7. The Morgan fingerprint density at radius 3 is 2.54 bits per heavy atom. The number of anilines is 1. The number of hydrogen-bond donors (Lipinski definition) is 1. The molecule has 41 heavy (non-hydrogen) atoms. The number of fused-ring (bicyclic) bond motifs is 4. The Bertz CT molecular complexity index is 1350. The zero-order valence-corrected chi connectivity index (χ0v) is 25.4. The van der Waals surface area contributed by atoms with Crippen LogP contribution in [-0.2, 0) is 19.0 Å². The number of amides is 1. The van der Waals surface area contributed by atoms with Crippen LogP contribution in [0.1, 0.15) is 61.8 Å². The second-order valence-corrected chi connectivity index (χ2v) is 14.0. The molecule has 1 saturated carbocycles. The van der Waals surface area contributed by atoms with E-state index in [1.165, 1.54) is 0 Å². The fourth-order valence-electron chi connectivity index (χ4n) is 8.10. The molecule has 3 aliphatic carbocycles. The predicted octanol–water partition coefficient (Wildman–Crippen LogP) is 5.44. The number of carbonyl (C=O) groups excluding carboxylic acids is 2. The number of rotatable bonds is 1. The number of allylic oxidation sites excluding steroid dienone is 1. The second-order valence-electron chi connectivity index (χ2n) is 14.0. The summed E-state index contributed by atoms with van der Waals surface area (Å²) in [6.07, 6.45) is 1.99. The van der Waals surface area contributed by atoms with Gasteiger partial charge in [0.2, 0.25) is 0 Å². The van der Waals surface area contributed by atoms with Crippen LogP contribution in [0.25, 0.3) is 0 Å². The average molecular weight is 566 g/mol. The van der Waals surface area contributed by atoms with E-state index >= 15 is 0 Å². The van der Waals surface area contributed by atoms with Crippen LogP contribution in [0.3, 0.4) is 0 Å². The number of ketones is 1. The van der Waals surface area contributed by atoms with Crippen LogP contribution in [0.5, 0.6) is 5.75 Å². The summed E-state index contributed by atoms with van der Waals surface area (Å²) in [4.78, 5) is 30.6. The number of benzene rings is 1. The Morgan fingerprint density at radius 2 is 1.80 bits per heavy atom. The minimum absolute atomic E-state index is 0.0480. The van der Waals surface area contributed by atoms with Crippen molar-refractivity contribution in [2.24, 2.45) is 28.6 Å². The molecule has 8 atom stereocenters. The summed E-state index contributed by atoms with van der Waals surface area (Å²) in [7, 11) is 0. The Morgan fingerprint density at radius 1 is 1.10 bits per heavy atom. The van der Waals surface area contributed by atoms with E-state index in [-0.39, 0.29) is 35.7 Å². The monoisotopic (exact) mass is 565 g/mol. The van der Waals surface area contributed by atoms with Gasteiger partial charge in [-0.25, -0.2) is 4.79 Å². The molecule has 2 aliphatic heterocycles. The van der Waals surface area contributed by atoms with E-state index in [0.29, 0.717) is 23.6 Å². The zero-order valence-electron chi connectivity index (χ0n) is 25.4. The van der Waals surface area contributed by atoms with Crippen LogP contribution in [0.2, 0.25) is 0 Å². The van der Waals surface area contributed by atoms with Gasteiger partial charge in [-0.2, -0.15) is 0 Å². The van der Waals surface area contributed by atoms with Crippen LogP contribution in [0, 0.1) is 28.6 Å². The molecule has 222 valence electrons. The lowest BCUT2D eigenvalue weighted by molar-refractivity contribution is -0.302. The Labute approximate surface area is 242 Å². The highest BCUT2D eigenvalue weighted by Gasteiger charge is 2.74. The number of Topliss-reactive ketones (excluding diaryl/α,β-unsaturated/α-hetero) is 1. The standard InChI is InChI=1S/C33H43NO7/c1-18-15-32-20(3)13-19(2)30(5,6)23(26(32)35)14-22-17-39-31(7,8)41-28(22)33(32,37)27(18)40-29(36)34-21(4)16-38-25-12-10-9-11-24(25)34/h9-12,14-15,19-21,23,27-28,37H,13,16-17H2,1-8H3/t19-,20+,21?,23+,27-,28+,32-,33+/m0/s1. The highest BCUT2D eigenvalue weighted by atomic mass is 16.7. The molecule has 8 nitrogen and oxygen atoms in total. The van der Waals surface area contributed by atoms with Crippen molar-refractivity contribution < 1.29 is 33.6 Å². The van der Waals surface area contributed by atoms with Crippen molar-refractivity contribution in [1.29, 1.82) is 0 Å². The molecule has 1 unspecified atom stereocenters. The Balaban J connectivity index is 1.50. The van der Waals surface area contributed by atoms with E-state index in [2.05, 4.69) is 20.8 Å². The first-order valence-electron chi connectivity index (χ1n) is 14.8. The predicted molar refractivity (Wildman–Crippen MR) is 153 cm³/mol. The van der Waals surface area contributed by atoms with Crippen LogP contribution in [0.15, 0.2) is 47.6 Å². The largest absolute Gasteiger partial charge is 0.489 e. The van der Waals surface area contributed by atoms with E-state index in [1.807, 2.05) is 71.0 Å².